The third-order valence-corrected chi connectivity index (χ3v) is 16.6. The van der Waals surface area contributed by atoms with Crippen molar-refractivity contribution in [3.05, 3.63) is 77.9 Å². The Kier molecular flexibility index (Phi) is 14.5. The number of hydrogen-bond donors (Lipinski definition) is 0. The Morgan fingerprint density at radius 2 is 1.22 bits per heavy atom. The maximum absolute atomic E-state index is 2.99. The molecule has 36 heavy (non-hydrogen) atoms. The predicted octanol–water partition coefficient (Wildman–Crippen LogP) is 3.84. The molecule has 0 saturated heterocycles. The molecular weight excluding hydrogens is 575 g/mol. The summed E-state index contributed by atoms with van der Waals surface area (Å²) >= 11 is 1.95. The first-order chi connectivity index (χ1) is 16.6. The summed E-state index contributed by atoms with van der Waals surface area (Å²) in [6.45, 7) is 4.28. The van der Waals surface area contributed by atoms with E-state index >= 15 is 0 Å². The third kappa shape index (κ3) is 9.04. The third-order valence-electron chi connectivity index (χ3n) is 7.69. The molecule has 2 saturated carbocycles. The summed E-state index contributed by atoms with van der Waals surface area (Å²) in [5, 5.41) is 5.46. The zero-order valence-corrected chi connectivity index (χ0v) is 26.9. The molecule has 3 aliphatic rings. The van der Waals surface area contributed by atoms with E-state index in [1.54, 1.807) is 51.4 Å². The van der Waals surface area contributed by atoms with Crippen LogP contribution in [0.15, 0.2) is 60.7 Å². The zero-order valence-electron chi connectivity index (χ0n) is 22.0. The Morgan fingerprint density at radius 3 is 1.58 bits per heavy atom. The van der Waals surface area contributed by atoms with Gasteiger partial charge in [0.1, 0.15) is 0 Å². The number of allylic oxidation sites excluding steroid dienone is 4. The van der Waals surface area contributed by atoms with Gasteiger partial charge in [-0.25, -0.2) is 12.2 Å². The fourth-order valence-electron chi connectivity index (χ4n) is 5.76. The standard InChI is InChI=1S/C15H13.C12H22Si.C5H5.2ClH.Zr/c1-10-3-5-14-12(7-10)9-13-8-11(2)4-6-15(13)14;1-3-7-11(8-4-1)13-12-9-5-2-6-10-12;1-2-4-5-3-1;;;/h3-9H,1-2H3;11-12H,1-10H2;1-3H,4H2;2*1H;/q-1;;-1;;;+2/p-2. The van der Waals surface area contributed by atoms with Crippen molar-refractivity contribution in [2.45, 2.75) is 95.6 Å². The quantitative estimate of drug-likeness (QED) is 0.304. The summed E-state index contributed by atoms with van der Waals surface area (Å²) in [6, 6.07) is 15.6. The molecule has 0 atom stereocenters. The first-order valence-electron chi connectivity index (χ1n) is 13.5. The summed E-state index contributed by atoms with van der Waals surface area (Å²) in [7, 11) is 0. The normalized spacial score (nSPS) is 17.4. The molecule has 0 bridgehead atoms. The minimum absolute atomic E-state index is 0. The Labute approximate surface area is 247 Å². The predicted molar refractivity (Wildman–Crippen MR) is 148 cm³/mol. The van der Waals surface area contributed by atoms with Crippen molar-refractivity contribution in [1.82, 2.24) is 0 Å². The first kappa shape index (κ1) is 31.7. The Bertz CT molecular complexity index is 1060. The van der Waals surface area contributed by atoms with E-state index < -0.39 is 0 Å². The number of halogens is 2. The Hall–Kier alpha value is -0.530. The Balaban J connectivity index is 0.000000204. The van der Waals surface area contributed by atoms with Gasteiger partial charge in [-0.2, -0.15) is 6.08 Å². The van der Waals surface area contributed by atoms with E-state index in [1.807, 2.05) is 35.5 Å². The van der Waals surface area contributed by atoms with Gasteiger partial charge in [0, 0.05) is 0 Å². The monoisotopic (exact) mass is 612 g/mol. The molecule has 0 nitrogen and oxygen atoms in total. The van der Waals surface area contributed by atoms with E-state index in [2.05, 4.69) is 68.5 Å². The van der Waals surface area contributed by atoms with Gasteiger partial charge in [-0.05, 0) is 13.8 Å². The fourth-order valence-corrected chi connectivity index (χ4v) is 12.7. The summed E-state index contributed by atoms with van der Waals surface area (Å²) in [5.41, 5.74) is 5.22. The topological polar surface area (TPSA) is 0 Å². The van der Waals surface area contributed by atoms with Gasteiger partial charge in [-0.3, -0.25) is 6.08 Å². The van der Waals surface area contributed by atoms with E-state index in [1.165, 1.54) is 56.6 Å². The Morgan fingerprint density at radius 1 is 0.750 bits per heavy atom. The number of fused-ring (bicyclic) bond motifs is 3. The van der Waals surface area contributed by atoms with E-state index in [0.29, 0.717) is 0 Å². The first-order valence-corrected chi connectivity index (χ1v) is 18.8. The van der Waals surface area contributed by atoms with Gasteiger partial charge in [-0.1, -0.05) is 35.4 Å². The van der Waals surface area contributed by atoms with Crippen LogP contribution in [0.3, 0.4) is 0 Å². The summed E-state index contributed by atoms with van der Waals surface area (Å²) in [4.78, 5) is 0. The molecule has 3 aliphatic carbocycles. The molecule has 0 amide bonds. The van der Waals surface area contributed by atoms with Crippen molar-refractivity contribution in [1.29, 1.82) is 0 Å². The van der Waals surface area contributed by atoms with Crippen LogP contribution < -0.4 is 24.8 Å². The maximum atomic E-state index is 2.99. The van der Waals surface area contributed by atoms with Crippen LogP contribution in [-0.2, 0) is 23.3 Å². The molecule has 3 aromatic rings. The molecular formula is C32H40Cl2SiZr-2. The molecule has 0 spiro atoms. The van der Waals surface area contributed by atoms with Gasteiger partial charge >= 0.3 is 104 Å². The van der Waals surface area contributed by atoms with Crippen LogP contribution in [0.1, 0.15) is 81.8 Å². The van der Waals surface area contributed by atoms with Crippen molar-refractivity contribution in [3.8, 4) is 0 Å². The van der Waals surface area contributed by atoms with Gasteiger partial charge in [0.25, 0.3) is 0 Å². The van der Waals surface area contributed by atoms with Gasteiger partial charge in [0.15, 0.2) is 0 Å². The zero-order chi connectivity index (χ0) is 23.8. The van der Waals surface area contributed by atoms with Crippen molar-refractivity contribution < 1.29 is 48.1 Å². The van der Waals surface area contributed by atoms with E-state index in [9.17, 15) is 0 Å². The van der Waals surface area contributed by atoms with Crippen LogP contribution in [0.25, 0.3) is 21.5 Å². The second-order valence-electron chi connectivity index (χ2n) is 10.5. The number of aryl methyl sites for hydroxylation is 2. The number of rotatable bonds is 2. The van der Waals surface area contributed by atoms with E-state index in [4.69, 9.17) is 0 Å². The van der Waals surface area contributed by atoms with Crippen molar-refractivity contribution in [2.24, 2.45) is 0 Å². The second kappa shape index (κ2) is 16.4. The van der Waals surface area contributed by atoms with Gasteiger partial charge in [-0.15, -0.1) is 46.2 Å². The van der Waals surface area contributed by atoms with Crippen LogP contribution in [0.5, 0.6) is 0 Å². The van der Waals surface area contributed by atoms with Crippen molar-refractivity contribution in [3.63, 3.8) is 0 Å². The molecule has 0 heterocycles. The molecule has 0 radical (unpaired) electrons. The number of benzene rings is 2. The molecule has 0 aromatic heterocycles. The molecule has 192 valence electrons. The van der Waals surface area contributed by atoms with Crippen LogP contribution >= 0.6 is 0 Å². The van der Waals surface area contributed by atoms with Gasteiger partial charge < -0.3 is 24.8 Å². The van der Waals surface area contributed by atoms with Crippen LogP contribution in [-0.4, -0.2) is 5.43 Å². The summed E-state index contributed by atoms with van der Waals surface area (Å²) in [5.74, 6) is 0. The molecule has 0 aliphatic heterocycles. The van der Waals surface area contributed by atoms with Crippen LogP contribution in [0, 0.1) is 19.9 Å². The van der Waals surface area contributed by atoms with Gasteiger partial charge in [0.05, 0.1) is 0 Å². The van der Waals surface area contributed by atoms with Crippen LogP contribution in [0.2, 0.25) is 11.1 Å². The molecule has 4 heteroatoms. The molecule has 3 aromatic carbocycles. The summed E-state index contributed by atoms with van der Waals surface area (Å²) in [6.07, 6.45) is 25.7. The van der Waals surface area contributed by atoms with E-state index in [0.717, 1.165) is 6.42 Å². The molecule has 6 rings (SSSR count). The van der Waals surface area contributed by atoms with Crippen molar-refractivity contribution >= 4 is 27.0 Å². The molecule has 0 unspecified atom stereocenters. The van der Waals surface area contributed by atoms with Gasteiger partial charge in [0.2, 0.25) is 0 Å². The SMILES string of the molecule is Cc1ccc2c(c1)[cH-]c1cc(C)ccc12.[C-]1=CC=CC1.[Cl-].[Cl-].[Zr+2]=[Si](C1CCCCC1)C1CCCCC1. The average Bonchev–Trinajstić information content (AvgIpc) is 3.56. The van der Waals surface area contributed by atoms with E-state index in [-0.39, 0.29) is 30.2 Å². The minimum atomic E-state index is 0. The summed E-state index contributed by atoms with van der Waals surface area (Å²) < 4.78 is 0. The fraction of sp³-hybridized carbons (Fsp3) is 0.469. The molecule has 0 N–H and O–H groups in total. The second-order valence-corrected chi connectivity index (χ2v) is 17.3. The average molecular weight is 615 g/mol. The number of hydrogen-bond acceptors (Lipinski definition) is 0. The molecule has 2 fully saturated rings. The van der Waals surface area contributed by atoms with Crippen LogP contribution in [0.4, 0.5) is 0 Å². The van der Waals surface area contributed by atoms with Crippen molar-refractivity contribution in [2.75, 3.05) is 0 Å².